The van der Waals surface area contributed by atoms with Crippen molar-refractivity contribution < 1.29 is 0 Å². The maximum absolute atomic E-state index is 2.45. The molecule has 0 saturated carbocycles. The Morgan fingerprint density at radius 3 is 1.13 bits per heavy atom. The first-order chi connectivity index (χ1) is 33.3. The average Bonchev–Trinajstić information content (AvgIpc) is 3.78. The molecular weight excluding hydrogens is 825 g/mol. The minimum Gasteiger partial charge on any atom is -0.135 e. The van der Waals surface area contributed by atoms with Gasteiger partial charge in [-0.15, -0.1) is 11.3 Å². The highest BCUT2D eigenvalue weighted by Crippen LogP contribution is 2.50. The molecule has 13 aromatic carbocycles. The summed E-state index contributed by atoms with van der Waals surface area (Å²) in [5.41, 5.74) is 12.6. The Bertz CT molecular complexity index is 4200. The third-order valence-electron chi connectivity index (χ3n) is 14.3. The molecule has 0 unspecified atom stereocenters. The van der Waals surface area contributed by atoms with Crippen molar-refractivity contribution in [2.45, 2.75) is 0 Å². The molecule has 0 aliphatic rings. The van der Waals surface area contributed by atoms with Gasteiger partial charge in [0.25, 0.3) is 0 Å². The largest absolute Gasteiger partial charge is 0.135 e. The van der Waals surface area contributed by atoms with Gasteiger partial charge in [0.2, 0.25) is 0 Å². The van der Waals surface area contributed by atoms with Gasteiger partial charge >= 0.3 is 0 Å². The van der Waals surface area contributed by atoms with Crippen molar-refractivity contribution in [2.75, 3.05) is 0 Å². The highest BCUT2D eigenvalue weighted by molar-refractivity contribution is 7.26. The van der Waals surface area contributed by atoms with E-state index in [9.17, 15) is 0 Å². The Morgan fingerprint density at radius 2 is 0.582 bits per heavy atom. The lowest BCUT2D eigenvalue weighted by molar-refractivity contribution is 1.63. The molecule has 1 aromatic heterocycles. The Hall–Kier alpha value is -8.36. The summed E-state index contributed by atoms with van der Waals surface area (Å²) in [6.07, 6.45) is 0. The molecule has 0 nitrogen and oxygen atoms in total. The molecule has 0 atom stereocenters. The maximum atomic E-state index is 2.45. The minimum absolute atomic E-state index is 1.22. The predicted molar refractivity (Wildman–Crippen MR) is 292 cm³/mol. The standard InChI is InChI=1S/C66H40S/c1-3-20-46-41(16-1)18-13-30-47(46)43-34-36-44(37-35-43)62-50-22-5-7-24-52(50)63(53-25-8-6-23-51(53)62)45-38-39-58-61(40-45)67-60-33-15-32-59(66(58)60)65-56-28-11-9-26-54(56)64(55-27-10-12-29-57(55)65)49-31-14-19-42-17-2-4-21-48(42)49/h1-40H. The van der Waals surface area contributed by atoms with Crippen LogP contribution in [0.3, 0.4) is 0 Å². The summed E-state index contributed by atoms with van der Waals surface area (Å²) in [6.45, 7) is 0. The monoisotopic (exact) mass is 864 g/mol. The Kier molecular flexibility index (Phi) is 8.56. The quantitative estimate of drug-likeness (QED) is 0.151. The Morgan fingerprint density at radius 1 is 0.209 bits per heavy atom. The van der Waals surface area contributed by atoms with Crippen molar-refractivity contribution in [1.82, 2.24) is 0 Å². The summed E-state index contributed by atoms with van der Waals surface area (Å²) >= 11 is 1.90. The molecular formula is C66H40S. The van der Waals surface area contributed by atoms with Crippen molar-refractivity contribution in [3.05, 3.63) is 243 Å². The maximum Gasteiger partial charge on any atom is 0.0361 e. The van der Waals surface area contributed by atoms with E-state index in [1.54, 1.807) is 0 Å². The van der Waals surface area contributed by atoms with Crippen LogP contribution in [0, 0.1) is 0 Å². The molecule has 0 bridgehead atoms. The van der Waals surface area contributed by atoms with Crippen molar-refractivity contribution in [2.24, 2.45) is 0 Å². The molecule has 67 heavy (non-hydrogen) atoms. The molecule has 1 heteroatoms. The summed E-state index contributed by atoms with van der Waals surface area (Å²) in [5, 5.41) is 17.8. The summed E-state index contributed by atoms with van der Waals surface area (Å²) in [7, 11) is 0. The molecule has 0 spiro atoms. The first-order valence-corrected chi connectivity index (χ1v) is 24.0. The van der Waals surface area contributed by atoms with E-state index < -0.39 is 0 Å². The fraction of sp³-hybridized carbons (Fsp3) is 0. The van der Waals surface area contributed by atoms with E-state index in [1.165, 1.54) is 140 Å². The number of thiophene rings is 1. The van der Waals surface area contributed by atoms with Crippen LogP contribution in [0.4, 0.5) is 0 Å². The number of hydrogen-bond acceptors (Lipinski definition) is 1. The molecule has 0 fully saturated rings. The molecule has 0 aliphatic carbocycles. The SMILES string of the molecule is c1ccc2c(-c3ccc(-c4c5ccccc5c(-c5ccc6c(c5)sc5cccc(-c7c8ccccc8c(-c8cccc9ccccc89)c8ccccc78)c56)c5ccccc45)cc3)cccc2c1. The van der Waals surface area contributed by atoms with E-state index in [2.05, 4.69) is 243 Å². The van der Waals surface area contributed by atoms with E-state index in [-0.39, 0.29) is 0 Å². The molecule has 310 valence electrons. The van der Waals surface area contributed by atoms with E-state index >= 15 is 0 Å². The molecule has 0 N–H and O–H groups in total. The second-order valence-electron chi connectivity index (χ2n) is 17.8. The molecule has 0 amide bonds. The first-order valence-electron chi connectivity index (χ1n) is 23.2. The predicted octanol–water partition coefficient (Wildman–Crippen LogP) is 19.3. The third-order valence-corrected chi connectivity index (χ3v) is 15.4. The molecule has 0 radical (unpaired) electrons. The zero-order chi connectivity index (χ0) is 44.0. The molecule has 14 aromatic rings. The Balaban J connectivity index is 0.951. The van der Waals surface area contributed by atoms with Crippen molar-refractivity contribution in [3.63, 3.8) is 0 Å². The van der Waals surface area contributed by atoms with Crippen LogP contribution in [0.25, 0.3) is 140 Å². The van der Waals surface area contributed by atoms with Gasteiger partial charge in [0, 0.05) is 20.2 Å². The summed E-state index contributed by atoms with van der Waals surface area (Å²) in [6, 6.07) is 90.2. The van der Waals surface area contributed by atoms with Gasteiger partial charge in [-0.2, -0.15) is 0 Å². The summed E-state index contributed by atoms with van der Waals surface area (Å²) < 4.78 is 2.59. The van der Waals surface area contributed by atoms with Gasteiger partial charge in [0.05, 0.1) is 0 Å². The lowest BCUT2D eigenvalue weighted by Crippen LogP contribution is -1.92. The van der Waals surface area contributed by atoms with Gasteiger partial charge in [0.15, 0.2) is 0 Å². The fourth-order valence-corrected chi connectivity index (χ4v) is 12.6. The van der Waals surface area contributed by atoms with Crippen molar-refractivity contribution in [1.29, 1.82) is 0 Å². The van der Waals surface area contributed by atoms with Crippen LogP contribution in [-0.4, -0.2) is 0 Å². The normalized spacial score (nSPS) is 11.9. The summed E-state index contributed by atoms with van der Waals surface area (Å²) in [5.74, 6) is 0. The highest BCUT2D eigenvalue weighted by atomic mass is 32.1. The van der Waals surface area contributed by atoms with Gasteiger partial charge in [-0.3, -0.25) is 0 Å². The smallest absolute Gasteiger partial charge is 0.0361 e. The number of fused-ring (bicyclic) bond motifs is 9. The van der Waals surface area contributed by atoms with E-state index in [4.69, 9.17) is 0 Å². The number of hydrogen-bond donors (Lipinski definition) is 0. The van der Waals surface area contributed by atoms with E-state index in [0.717, 1.165) is 0 Å². The van der Waals surface area contributed by atoms with Gasteiger partial charge in [-0.05, 0) is 132 Å². The highest BCUT2D eigenvalue weighted by Gasteiger charge is 2.22. The molecule has 0 aliphatic heterocycles. The Labute approximate surface area is 392 Å². The van der Waals surface area contributed by atoms with Crippen LogP contribution in [-0.2, 0) is 0 Å². The van der Waals surface area contributed by atoms with Crippen LogP contribution in [0.5, 0.6) is 0 Å². The third kappa shape index (κ3) is 5.85. The summed E-state index contributed by atoms with van der Waals surface area (Å²) in [4.78, 5) is 0. The van der Waals surface area contributed by atoms with Crippen LogP contribution in [0.2, 0.25) is 0 Å². The molecule has 14 rings (SSSR count). The van der Waals surface area contributed by atoms with Gasteiger partial charge in [0.1, 0.15) is 0 Å². The zero-order valence-electron chi connectivity index (χ0n) is 36.5. The van der Waals surface area contributed by atoms with Crippen LogP contribution < -0.4 is 0 Å². The topological polar surface area (TPSA) is 0 Å². The number of benzene rings is 13. The second kappa shape index (κ2) is 15.1. The van der Waals surface area contributed by atoms with Crippen LogP contribution >= 0.6 is 11.3 Å². The van der Waals surface area contributed by atoms with E-state index in [0.29, 0.717) is 0 Å². The van der Waals surface area contributed by atoms with Gasteiger partial charge in [-0.25, -0.2) is 0 Å². The van der Waals surface area contributed by atoms with Crippen LogP contribution in [0.1, 0.15) is 0 Å². The second-order valence-corrected chi connectivity index (χ2v) is 18.9. The lowest BCUT2D eigenvalue weighted by atomic mass is 9.83. The van der Waals surface area contributed by atoms with Crippen LogP contribution in [0.15, 0.2) is 243 Å². The molecule has 0 saturated heterocycles. The van der Waals surface area contributed by atoms with E-state index in [1.807, 2.05) is 11.3 Å². The lowest BCUT2D eigenvalue weighted by Gasteiger charge is -2.19. The number of rotatable bonds is 5. The minimum atomic E-state index is 1.22. The average molecular weight is 865 g/mol. The zero-order valence-corrected chi connectivity index (χ0v) is 37.3. The van der Waals surface area contributed by atoms with Gasteiger partial charge < -0.3 is 0 Å². The fourth-order valence-electron chi connectivity index (χ4n) is 11.4. The van der Waals surface area contributed by atoms with Gasteiger partial charge in [-0.1, -0.05) is 231 Å². The van der Waals surface area contributed by atoms with Crippen molar-refractivity contribution >= 4 is 96.1 Å². The molecule has 1 heterocycles. The first kappa shape index (κ1) is 38.0. The van der Waals surface area contributed by atoms with Crippen molar-refractivity contribution in [3.8, 4) is 55.6 Å².